The maximum absolute atomic E-state index is 12.1. The second-order valence-corrected chi connectivity index (χ2v) is 7.47. The van der Waals surface area contributed by atoms with E-state index in [1.54, 1.807) is 6.07 Å². The number of benzene rings is 1. The maximum atomic E-state index is 12.1. The highest BCUT2D eigenvalue weighted by atomic mass is 16.5. The van der Waals surface area contributed by atoms with Crippen LogP contribution in [-0.4, -0.2) is 5.97 Å². The van der Waals surface area contributed by atoms with Crippen LogP contribution in [0.15, 0.2) is 18.2 Å². The van der Waals surface area contributed by atoms with Crippen LogP contribution in [0.1, 0.15) is 36.8 Å². The van der Waals surface area contributed by atoms with Crippen LogP contribution in [-0.2, 0) is 16.1 Å². The Balaban J connectivity index is 1.77. The van der Waals surface area contributed by atoms with Gasteiger partial charge in [0.15, 0.2) is 0 Å². The fourth-order valence-corrected chi connectivity index (χ4v) is 3.08. The van der Waals surface area contributed by atoms with Gasteiger partial charge in [-0.25, -0.2) is 0 Å². The number of carbonyl (C=O) groups is 1. The van der Waals surface area contributed by atoms with Gasteiger partial charge >= 0.3 is 5.97 Å². The van der Waals surface area contributed by atoms with Crippen molar-refractivity contribution in [1.82, 2.24) is 0 Å². The Morgan fingerprint density at radius 1 is 0.718 bits per heavy atom. The number of esters is 1. The zero-order valence-corrected chi connectivity index (χ0v) is 21.1. The largest absolute Gasteiger partial charge is 0.461 e. The first kappa shape index (κ1) is 28.9. The van der Waals surface area contributed by atoms with Crippen LogP contribution in [0.25, 0.3) is 0 Å². The van der Waals surface area contributed by atoms with Crippen LogP contribution in [0.3, 0.4) is 0 Å². The van der Waals surface area contributed by atoms with E-state index in [0.717, 1.165) is 36.8 Å². The lowest BCUT2D eigenvalue weighted by molar-refractivity contribution is -0.149. The summed E-state index contributed by atoms with van der Waals surface area (Å²) in [5.41, 5.74) is 1.81. The Labute approximate surface area is 231 Å². The lowest BCUT2D eigenvalue weighted by Gasteiger charge is -2.10. The fraction of sp³-hybridized carbons (Fsp3) is 0.194. The first-order chi connectivity index (χ1) is 19.2. The number of rotatable bonds is 4. The normalized spacial score (nSPS) is 9.33. The minimum atomic E-state index is -0.127. The summed E-state index contributed by atoms with van der Waals surface area (Å²) < 4.78 is 10.9. The van der Waals surface area contributed by atoms with Gasteiger partial charge in [-0.2, -0.15) is 0 Å². The third-order valence-electron chi connectivity index (χ3n) is 4.60. The average molecular weight is 499 g/mol. The second-order valence-electron chi connectivity index (χ2n) is 7.47. The number of terminal acetylenes is 1. The van der Waals surface area contributed by atoms with E-state index in [0.29, 0.717) is 5.75 Å². The third kappa shape index (κ3) is 14.0. The first-order valence-electron chi connectivity index (χ1n) is 11.6. The predicted octanol–water partition coefficient (Wildman–Crippen LogP) is 3.23. The van der Waals surface area contributed by atoms with Gasteiger partial charge in [-0.1, -0.05) is 18.9 Å². The lowest BCUT2D eigenvalue weighted by Crippen LogP contribution is -2.14. The monoisotopic (exact) mass is 498 g/mol. The van der Waals surface area contributed by atoms with E-state index in [9.17, 15) is 4.79 Å². The SMILES string of the molecule is C#CC#CC#CC#CC#CC#CC#CC#CC#CC#CC#COc1cc(C)cc(COC(=O)C2CCCC2)c1. The molecule has 0 amide bonds. The Morgan fingerprint density at radius 2 is 1.18 bits per heavy atom. The molecule has 0 spiro atoms. The molecular formula is C36H18O3. The van der Waals surface area contributed by atoms with Crippen LogP contribution in [0.5, 0.6) is 5.75 Å². The summed E-state index contributed by atoms with van der Waals surface area (Å²) >= 11 is 0. The standard InChI is InChI=1S/C36H18O3/c1-3-4-5-6-7-8-9-10-11-12-13-14-15-16-17-18-19-20-21-24-27-38-35-29-32(2)28-33(30-35)31-39-36(37)34-25-22-23-26-34/h1,28-30,34H,22-23,25-26,31H2,2H3. The van der Waals surface area contributed by atoms with Crippen molar-refractivity contribution in [3.8, 4) is 137 Å². The summed E-state index contributed by atoms with van der Waals surface area (Å²) in [6.07, 6.45) is 11.5. The second kappa shape index (κ2) is 18.9. The molecule has 1 saturated carbocycles. The Bertz CT molecular complexity index is 1780. The van der Waals surface area contributed by atoms with E-state index in [1.807, 2.05) is 19.1 Å². The molecule has 0 atom stereocenters. The highest BCUT2D eigenvalue weighted by Crippen LogP contribution is 2.26. The van der Waals surface area contributed by atoms with Gasteiger partial charge in [0, 0.05) is 71.0 Å². The Hall–Kier alpha value is -6.35. The van der Waals surface area contributed by atoms with E-state index in [2.05, 4.69) is 125 Å². The molecule has 1 aromatic carbocycles. The topological polar surface area (TPSA) is 35.5 Å². The summed E-state index contributed by atoms with van der Waals surface area (Å²) in [4.78, 5) is 12.1. The fourth-order valence-electron chi connectivity index (χ4n) is 3.08. The molecule has 1 fully saturated rings. The molecule has 1 aliphatic rings. The summed E-state index contributed by atoms with van der Waals surface area (Å²) in [6.45, 7) is 2.14. The van der Waals surface area contributed by atoms with Crippen molar-refractivity contribution in [3.05, 3.63) is 29.3 Å². The van der Waals surface area contributed by atoms with E-state index in [4.69, 9.17) is 15.9 Å². The number of ether oxygens (including phenoxy) is 2. The van der Waals surface area contributed by atoms with Gasteiger partial charge in [-0.05, 0) is 90.4 Å². The zero-order valence-electron chi connectivity index (χ0n) is 21.1. The van der Waals surface area contributed by atoms with Crippen LogP contribution in [0.4, 0.5) is 0 Å². The van der Waals surface area contributed by atoms with E-state index >= 15 is 0 Å². The van der Waals surface area contributed by atoms with Crippen LogP contribution in [0.2, 0.25) is 0 Å². The van der Waals surface area contributed by atoms with Gasteiger partial charge < -0.3 is 9.47 Å². The lowest BCUT2D eigenvalue weighted by atomic mass is 10.1. The minimum absolute atomic E-state index is 0.0297. The molecule has 39 heavy (non-hydrogen) atoms. The minimum Gasteiger partial charge on any atom is -0.461 e. The van der Waals surface area contributed by atoms with E-state index in [-0.39, 0.29) is 18.5 Å². The van der Waals surface area contributed by atoms with Crippen molar-refractivity contribution in [2.45, 2.75) is 39.2 Å². The van der Waals surface area contributed by atoms with Gasteiger partial charge in [0.1, 0.15) is 18.5 Å². The summed E-state index contributed by atoms with van der Waals surface area (Å²) in [5.74, 6) is 50.0. The number of hydrogen-bond acceptors (Lipinski definition) is 3. The maximum Gasteiger partial charge on any atom is 0.309 e. The molecule has 0 bridgehead atoms. The molecule has 180 valence electrons. The van der Waals surface area contributed by atoms with Crippen molar-refractivity contribution >= 4 is 5.97 Å². The van der Waals surface area contributed by atoms with Crippen LogP contribution < -0.4 is 4.74 Å². The average Bonchev–Trinajstić information content (AvgIpc) is 3.48. The first-order valence-corrected chi connectivity index (χ1v) is 11.6. The van der Waals surface area contributed by atoms with Crippen LogP contribution in [0, 0.1) is 144 Å². The molecule has 3 heteroatoms. The van der Waals surface area contributed by atoms with Crippen molar-refractivity contribution in [2.75, 3.05) is 0 Å². The van der Waals surface area contributed by atoms with Crippen molar-refractivity contribution in [1.29, 1.82) is 0 Å². The van der Waals surface area contributed by atoms with Gasteiger partial charge in [-0.3, -0.25) is 4.79 Å². The molecule has 0 saturated heterocycles. The van der Waals surface area contributed by atoms with E-state index in [1.165, 1.54) is 0 Å². The quantitative estimate of drug-likeness (QED) is 0.473. The van der Waals surface area contributed by atoms with Gasteiger partial charge in [0.2, 0.25) is 0 Å². The summed E-state index contributed by atoms with van der Waals surface area (Å²) in [5, 5.41) is 0. The molecule has 1 aromatic rings. The summed E-state index contributed by atoms with van der Waals surface area (Å²) in [6, 6.07) is 5.57. The molecule has 2 rings (SSSR count). The van der Waals surface area contributed by atoms with Gasteiger partial charge in [0.25, 0.3) is 0 Å². The van der Waals surface area contributed by atoms with Crippen LogP contribution >= 0.6 is 0 Å². The highest BCUT2D eigenvalue weighted by Gasteiger charge is 2.23. The predicted molar refractivity (Wildman–Crippen MR) is 150 cm³/mol. The number of carbonyl (C=O) groups excluding carboxylic acids is 1. The van der Waals surface area contributed by atoms with Crippen molar-refractivity contribution < 1.29 is 14.3 Å². The molecule has 0 aliphatic heterocycles. The third-order valence-corrected chi connectivity index (χ3v) is 4.60. The van der Waals surface area contributed by atoms with Gasteiger partial charge in [-0.15, -0.1) is 6.42 Å². The molecule has 0 radical (unpaired) electrons. The Kier molecular flexibility index (Phi) is 14.0. The number of hydrogen-bond donors (Lipinski definition) is 0. The molecule has 0 unspecified atom stereocenters. The molecule has 0 N–H and O–H groups in total. The van der Waals surface area contributed by atoms with Crippen molar-refractivity contribution in [2.24, 2.45) is 5.92 Å². The van der Waals surface area contributed by atoms with Gasteiger partial charge in [0.05, 0.1) is 5.92 Å². The Morgan fingerprint density at radius 3 is 1.67 bits per heavy atom. The summed E-state index contributed by atoms with van der Waals surface area (Å²) in [7, 11) is 0. The molecule has 0 aromatic heterocycles. The number of aryl methyl sites for hydroxylation is 1. The highest BCUT2D eigenvalue weighted by molar-refractivity contribution is 5.72. The molecule has 3 nitrogen and oxygen atoms in total. The molecular weight excluding hydrogens is 480 g/mol. The van der Waals surface area contributed by atoms with Crippen molar-refractivity contribution in [3.63, 3.8) is 0 Å². The van der Waals surface area contributed by atoms with E-state index < -0.39 is 0 Å². The zero-order chi connectivity index (χ0) is 27.8. The smallest absolute Gasteiger partial charge is 0.309 e. The molecule has 0 heterocycles. The molecule has 1 aliphatic carbocycles.